The Labute approximate surface area is 239 Å². The van der Waals surface area contributed by atoms with E-state index in [2.05, 4.69) is 26.8 Å². The number of anilines is 3. The zero-order valence-electron chi connectivity index (χ0n) is 31.6. The van der Waals surface area contributed by atoms with Crippen LogP contribution in [-0.4, -0.2) is 6.71 Å². The second-order valence-electron chi connectivity index (χ2n) is 10.4. The molecule has 7 rings (SSSR count). The fourth-order valence-corrected chi connectivity index (χ4v) is 6.19. The molecule has 0 unspecified atom stereocenters. The van der Waals surface area contributed by atoms with Crippen molar-refractivity contribution in [2.24, 2.45) is 0 Å². The van der Waals surface area contributed by atoms with Gasteiger partial charge in [0.1, 0.15) is 11.5 Å². The molecule has 0 aromatic heterocycles. The van der Waals surface area contributed by atoms with E-state index in [0.29, 0.717) is 0 Å². The summed E-state index contributed by atoms with van der Waals surface area (Å²) in [7, 11) is 0. The number of fused-ring (bicyclic) bond motifs is 4. The van der Waals surface area contributed by atoms with Crippen molar-refractivity contribution in [1.82, 2.24) is 0 Å². The van der Waals surface area contributed by atoms with Crippen LogP contribution < -0.4 is 26.0 Å². The van der Waals surface area contributed by atoms with Gasteiger partial charge in [-0.1, -0.05) is 85.4 Å². The van der Waals surface area contributed by atoms with E-state index in [0.717, 1.165) is 50.1 Å². The Morgan fingerprint density at radius 3 is 2.05 bits per heavy atom. The Morgan fingerprint density at radius 2 is 1.37 bits per heavy atom. The lowest BCUT2D eigenvalue weighted by Crippen LogP contribution is -2.62. The first-order valence-corrected chi connectivity index (χ1v) is 12.6. The van der Waals surface area contributed by atoms with E-state index in [9.17, 15) is 0 Å². The van der Waals surface area contributed by atoms with E-state index in [1.54, 1.807) is 6.07 Å². The zero-order chi connectivity index (χ0) is 34.7. The molecule has 2 heterocycles. The first-order chi connectivity index (χ1) is 22.6. The van der Waals surface area contributed by atoms with Gasteiger partial charge in [-0.15, -0.1) is 0 Å². The van der Waals surface area contributed by atoms with Crippen molar-refractivity contribution in [3.05, 3.63) is 131 Å². The predicted molar refractivity (Wildman–Crippen MR) is 160 cm³/mol. The maximum Gasteiger partial charge on any atom is 0.251 e. The third-order valence-electron chi connectivity index (χ3n) is 7.72. The molecule has 5 aromatic rings. The summed E-state index contributed by atoms with van der Waals surface area (Å²) in [6.45, 7) is 8.09. The number of rotatable bonds is 3. The van der Waals surface area contributed by atoms with Crippen LogP contribution in [0.2, 0.25) is 0 Å². The van der Waals surface area contributed by atoms with Crippen molar-refractivity contribution in [1.29, 1.82) is 0 Å². The van der Waals surface area contributed by atoms with Crippen LogP contribution in [-0.2, 0) is 5.41 Å². The van der Waals surface area contributed by atoms with Gasteiger partial charge in [-0.3, -0.25) is 0 Å². The molecule has 2 aliphatic rings. The highest BCUT2D eigenvalue weighted by atomic mass is 16.5. The molecule has 0 amide bonds. The van der Waals surface area contributed by atoms with Gasteiger partial charge >= 0.3 is 0 Å². The molecule has 38 heavy (non-hydrogen) atoms. The van der Waals surface area contributed by atoms with Gasteiger partial charge in [0, 0.05) is 22.5 Å². The molecule has 0 saturated carbocycles. The van der Waals surface area contributed by atoms with Crippen molar-refractivity contribution in [3.8, 4) is 11.5 Å². The molecular formula is C35H30BNO. The van der Waals surface area contributed by atoms with Crippen LogP contribution in [0.3, 0.4) is 0 Å². The van der Waals surface area contributed by atoms with E-state index < -0.39 is 65.8 Å². The van der Waals surface area contributed by atoms with Crippen LogP contribution in [0.25, 0.3) is 0 Å². The van der Waals surface area contributed by atoms with Crippen LogP contribution in [0.1, 0.15) is 49.8 Å². The van der Waals surface area contributed by atoms with Gasteiger partial charge in [0.25, 0.3) is 6.71 Å². The van der Waals surface area contributed by atoms with E-state index >= 15 is 0 Å². The van der Waals surface area contributed by atoms with Crippen molar-refractivity contribution in [2.45, 2.75) is 33.1 Å². The molecule has 0 spiro atoms. The number of hydrogen-bond acceptors (Lipinski definition) is 2. The molecule has 2 nitrogen and oxygen atoms in total. The summed E-state index contributed by atoms with van der Waals surface area (Å²) in [5.74, 6) is 1.53. The van der Waals surface area contributed by atoms with Gasteiger partial charge in [0.05, 0.1) is 13.7 Å². The third-order valence-corrected chi connectivity index (χ3v) is 7.72. The lowest BCUT2D eigenvalue weighted by Gasteiger charge is -2.43. The summed E-state index contributed by atoms with van der Waals surface area (Å²) in [4.78, 5) is 1.22. The Kier molecular flexibility index (Phi) is 3.23. The minimum atomic E-state index is -0.618. The van der Waals surface area contributed by atoms with E-state index in [1.165, 1.54) is 4.90 Å². The van der Waals surface area contributed by atoms with Crippen molar-refractivity contribution in [3.63, 3.8) is 0 Å². The summed E-state index contributed by atoms with van der Waals surface area (Å²) in [6, 6.07) is 9.77. The minimum Gasteiger partial charge on any atom is -0.458 e. The molecular weight excluding hydrogens is 461 g/mol. The smallest absolute Gasteiger partial charge is 0.251 e. The van der Waals surface area contributed by atoms with Gasteiger partial charge in [-0.05, 0) is 89.9 Å². The Bertz CT molecular complexity index is 2130. The van der Waals surface area contributed by atoms with Gasteiger partial charge < -0.3 is 9.64 Å². The highest BCUT2D eigenvalue weighted by molar-refractivity contribution is 6.98. The quantitative estimate of drug-likeness (QED) is 0.241. The summed E-state index contributed by atoms with van der Waals surface area (Å²) >= 11 is 0. The molecule has 2 aliphatic heterocycles. The number of para-hydroxylation sites is 2. The van der Waals surface area contributed by atoms with Crippen LogP contribution in [0, 0.1) is 13.8 Å². The lowest BCUT2D eigenvalue weighted by atomic mass is 9.30. The summed E-state index contributed by atoms with van der Waals surface area (Å²) in [6.07, 6.45) is 0. The van der Waals surface area contributed by atoms with Crippen LogP contribution in [0.4, 0.5) is 17.1 Å². The number of aryl methyl sites for hydroxylation is 2. The monoisotopic (exact) mass is 501 g/mol. The second-order valence-corrected chi connectivity index (χ2v) is 10.4. The molecule has 0 radical (unpaired) electrons. The van der Waals surface area contributed by atoms with Crippen molar-refractivity contribution < 1.29 is 18.4 Å². The van der Waals surface area contributed by atoms with Gasteiger partial charge in [-0.2, -0.15) is 0 Å². The first kappa shape index (κ1) is 14.6. The maximum absolute atomic E-state index is 8.86. The number of hydrogen-bond donors (Lipinski definition) is 0. The molecule has 0 fully saturated rings. The molecule has 0 atom stereocenters. The Morgan fingerprint density at radius 1 is 0.711 bits per heavy atom. The molecule has 5 aromatic carbocycles. The SMILES string of the molecule is [2H]c1c([2H])c([2H])c(N(c2ccc3c(c2)C(C)(C)c2c(C)ccc4c2B3c2cc(C)ccc2O4)c2c([2H])c([2H])c([2H])c([2H])c2[2H])c([2H])c1[2H]. The van der Waals surface area contributed by atoms with E-state index in [-0.39, 0.29) is 23.8 Å². The third kappa shape index (κ3) is 3.35. The topological polar surface area (TPSA) is 12.5 Å². The summed E-state index contributed by atoms with van der Waals surface area (Å²) in [5, 5.41) is 0. The Balaban J connectivity index is 1.58. The maximum atomic E-state index is 8.86. The lowest BCUT2D eigenvalue weighted by molar-refractivity contribution is 0.484. The predicted octanol–water partition coefficient (Wildman–Crippen LogP) is 7.03. The normalized spacial score (nSPS) is 17.8. The van der Waals surface area contributed by atoms with Crippen LogP contribution in [0.15, 0.2) is 109 Å². The average molecular weight is 502 g/mol. The van der Waals surface area contributed by atoms with E-state index in [1.807, 2.05) is 43.3 Å². The van der Waals surface area contributed by atoms with Crippen molar-refractivity contribution >= 4 is 40.2 Å². The zero-order valence-corrected chi connectivity index (χ0v) is 21.6. The van der Waals surface area contributed by atoms with Gasteiger partial charge in [0.2, 0.25) is 0 Å². The molecule has 3 heteroatoms. The number of nitrogens with zero attached hydrogens (tertiary/aromatic N) is 1. The minimum absolute atomic E-state index is 0.189. The molecule has 0 N–H and O–H groups in total. The molecule has 0 saturated heterocycles. The summed E-state index contributed by atoms with van der Waals surface area (Å²) < 4.78 is 91.9. The first-order valence-electron chi connectivity index (χ1n) is 17.6. The fraction of sp³-hybridized carbons (Fsp3) is 0.143. The molecule has 0 aliphatic carbocycles. The van der Waals surface area contributed by atoms with Crippen molar-refractivity contribution in [2.75, 3.05) is 4.90 Å². The largest absolute Gasteiger partial charge is 0.458 e. The van der Waals surface area contributed by atoms with Crippen LogP contribution in [0.5, 0.6) is 11.5 Å². The second kappa shape index (κ2) is 8.39. The fourth-order valence-electron chi connectivity index (χ4n) is 6.19. The van der Waals surface area contributed by atoms with Gasteiger partial charge in [0.15, 0.2) is 0 Å². The molecule has 0 bridgehead atoms. The van der Waals surface area contributed by atoms with Gasteiger partial charge in [-0.25, -0.2) is 0 Å². The van der Waals surface area contributed by atoms with Crippen LogP contribution >= 0.6 is 0 Å². The highest BCUT2D eigenvalue weighted by Crippen LogP contribution is 2.42. The molecule has 184 valence electrons. The summed E-state index contributed by atoms with van der Waals surface area (Å²) in [5.41, 5.74) is 6.20. The Hall–Kier alpha value is -4.24. The standard InChI is InChI=1S/C35H30BNO/c1-23-15-19-31-30(21-23)36-29-18-17-27(37(25-11-7-5-8-12-25)26-13-9-6-10-14-26)22-28(29)35(3,4)33-24(2)16-20-32(38-31)34(33)36/h5-22H,1-4H3/i5D,6D,7D,8D,9D,10D,11D,12D,13D,14D. The van der Waals surface area contributed by atoms with E-state index in [4.69, 9.17) is 18.4 Å². The number of ether oxygens (including phenoxy) is 1. The highest BCUT2D eigenvalue weighted by Gasteiger charge is 2.45. The number of benzene rings is 5. The average Bonchev–Trinajstić information content (AvgIpc) is 3.06.